The topological polar surface area (TPSA) is 50.4 Å². The van der Waals surface area contributed by atoms with Crippen molar-refractivity contribution in [2.24, 2.45) is 0 Å². The molecule has 0 aliphatic heterocycles. The van der Waals surface area contributed by atoms with Gasteiger partial charge < -0.3 is 15.4 Å². The number of carbonyl (C=O) groups is 1. The van der Waals surface area contributed by atoms with Gasteiger partial charge in [0.05, 0.1) is 7.11 Å². The van der Waals surface area contributed by atoms with Gasteiger partial charge in [-0.15, -0.1) is 0 Å². The van der Waals surface area contributed by atoms with Crippen LogP contribution in [0.15, 0.2) is 66.7 Å². The molecule has 132 valence electrons. The fraction of sp³-hybridized carbons (Fsp3) is 0.136. The highest BCUT2D eigenvalue weighted by molar-refractivity contribution is 6.00. The SMILES string of the molecule is COc1cccc(-c2ccc(NC(=O)Nc3cc(C)ccc3C)cc2)c1. The van der Waals surface area contributed by atoms with E-state index in [2.05, 4.69) is 10.6 Å². The number of hydrogen-bond acceptors (Lipinski definition) is 2. The standard InChI is InChI=1S/C22H22N2O2/c1-15-7-8-16(2)21(13-15)24-22(25)23-19-11-9-17(10-12-19)18-5-4-6-20(14-18)26-3/h4-14H,1-3H3,(H2,23,24,25). The second-order valence-corrected chi connectivity index (χ2v) is 6.21. The van der Waals surface area contributed by atoms with Gasteiger partial charge >= 0.3 is 6.03 Å². The molecular weight excluding hydrogens is 324 g/mol. The molecule has 0 saturated heterocycles. The van der Waals surface area contributed by atoms with Crippen molar-refractivity contribution >= 4 is 17.4 Å². The highest BCUT2D eigenvalue weighted by atomic mass is 16.5. The molecule has 2 amide bonds. The summed E-state index contributed by atoms with van der Waals surface area (Å²) in [5.74, 6) is 0.817. The van der Waals surface area contributed by atoms with E-state index in [1.54, 1.807) is 7.11 Å². The highest BCUT2D eigenvalue weighted by Gasteiger charge is 2.06. The third-order valence-corrected chi connectivity index (χ3v) is 4.19. The molecule has 0 radical (unpaired) electrons. The van der Waals surface area contributed by atoms with Crippen LogP contribution in [0.2, 0.25) is 0 Å². The molecule has 0 heterocycles. The van der Waals surface area contributed by atoms with Crippen molar-refractivity contribution in [3.05, 3.63) is 77.9 Å². The average molecular weight is 346 g/mol. The van der Waals surface area contributed by atoms with Gasteiger partial charge in [-0.05, 0) is 66.4 Å². The van der Waals surface area contributed by atoms with Gasteiger partial charge in [0.25, 0.3) is 0 Å². The lowest BCUT2D eigenvalue weighted by atomic mass is 10.1. The summed E-state index contributed by atoms with van der Waals surface area (Å²) < 4.78 is 5.26. The minimum atomic E-state index is -0.257. The molecule has 0 fully saturated rings. The van der Waals surface area contributed by atoms with Crippen LogP contribution < -0.4 is 15.4 Å². The molecule has 0 bridgehead atoms. The van der Waals surface area contributed by atoms with Crippen LogP contribution in [0.5, 0.6) is 5.75 Å². The Morgan fingerprint density at radius 1 is 0.846 bits per heavy atom. The largest absolute Gasteiger partial charge is 0.497 e. The van der Waals surface area contributed by atoms with Crippen LogP contribution in [0.4, 0.5) is 16.2 Å². The molecule has 3 aromatic rings. The molecule has 0 aromatic heterocycles. The van der Waals surface area contributed by atoms with Crippen molar-refractivity contribution in [1.29, 1.82) is 0 Å². The first-order valence-electron chi connectivity index (χ1n) is 8.45. The van der Waals surface area contributed by atoms with E-state index in [0.29, 0.717) is 0 Å². The van der Waals surface area contributed by atoms with E-state index in [9.17, 15) is 4.79 Å². The zero-order valence-corrected chi connectivity index (χ0v) is 15.2. The Bertz CT molecular complexity index is 918. The maximum absolute atomic E-state index is 12.2. The van der Waals surface area contributed by atoms with Crippen molar-refractivity contribution in [1.82, 2.24) is 0 Å². The molecule has 0 unspecified atom stereocenters. The number of aryl methyl sites for hydroxylation is 2. The molecule has 0 aliphatic carbocycles. The summed E-state index contributed by atoms with van der Waals surface area (Å²) >= 11 is 0. The van der Waals surface area contributed by atoms with Crippen LogP contribution in [0.25, 0.3) is 11.1 Å². The van der Waals surface area contributed by atoms with Gasteiger partial charge in [-0.3, -0.25) is 0 Å². The maximum atomic E-state index is 12.2. The Balaban J connectivity index is 1.69. The van der Waals surface area contributed by atoms with E-state index in [4.69, 9.17) is 4.74 Å². The van der Waals surface area contributed by atoms with Gasteiger partial charge in [0, 0.05) is 11.4 Å². The molecule has 3 aromatic carbocycles. The Kier molecular flexibility index (Phi) is 5.23. The van der Waals surface area contributed by atoms with E-state index in [1.807, 2.05) is 80.6 Å². The number of benzene rings is 3. The summed E-state index contributed by atoms with van der Waals surface area (Å²) in [5, 5.41) is 5.76. The number of carbonyl (C=O) groups excluding carboxylic acids is 1. The first kappa shape index (κ1) is 17.5. The normalized spacial score (nSPS) is 10.3. The quantitative estimate of drug-likeness (QED) is 0.644. The molecular formula is C22H22N2O2. The van der Waals surface area contributed by atoms with Crippen LogP contribution >= 0.6 is 0 Å². The first-order chi connectivity index (χ1) is 12.5. The van der Waals surface area contributed by atoms with Gasteiger partial charge in [-0.1, -0.05) is 36.4 Å². The van der Waals surface area contributed by atoms with Crippen molar-refractivity contribution in [2.45, 2.75) is 13.8 Å². The molecule has 0 aliphatic rings. The third kappa shape index (κ3) is 4.22. The Morgan fingerprint density at radius 2 is 1.62 bits per heavy atom. The molecule has 2 N–H and O–H groups in total. The van der Waals surface area contributed by atoms with E-state index in [1.165, 1.54) is 0 Å². The Labute approximate surface area is 153 Å². The monoisotopic (exact) mass is 346 g/mol. The molecule has 26 heavy (non-hydrogen) atoms. The molecule has 0 saturated carbocycles. The van der Waals surface area contributed by atoms with E-state index in [0.717, 1.165) is 39.4 Å². The van der Waals surface area contributed by atoms with Crippen molar-refractivity contribution in [3.8, 4) is 16.9 Å². The van der Waals surface area contributed by atoms with Gasteiger partial charge in [-0.2, -0.15) is 0 Å². The van der Waals surface area contributed by atoms with Gasteiger partial charge in [0.1, 0.15) is 5.75 Å². The summed E-state index contributed by atoms with van der Waals surface area (Å²) in [7, 11) is 1.65. The summed E-state index contributed by atoms with van der Waals surface area (Å²) in [6.07, 6.45) is 0. The number of urea groups is 1. The number of rotatable bonds is 4. The predicted molar refractivity (Wildman–Crippen MR) is 107 cm³/mol. The smallest absolute Gasteiger partial charge is 0.323 e. The number of methoxy groups -OCH3 is 1. The first-order valence-corrected chi connectivity index (χ1v) is 8.45. The number of nitrogens with one attached hydrogen (secondary N) is 2. The molecule has 4 nitrogen and oxygen atoms in total. The van der Waals surface area contributed by atoms with Gasteiger partial charge in [-0.25, -0.2) is 4.79 Å². The van der Waals surface area contributed by atoms with Crippen LogP contribution in [0.3, 0.4) is 0 Å². The van der Waals surface area contributed by atoms with Crippen LogP contribution in [0.1, 0.15) is 11.1 Å². The molecule has 3 rings (SSSR count). The Hall–Kier alpha value is -3.27. The zero-order valence-electron chi connectivity index (χ0n) is 15.2. The minimum absolute atomic E-state index is 0.257. The van der Waals surface area contributed by atoms with E-state index in [-0.39, 0.29) is 6.03 Å². The molecule has 0 atom stereocenters. The number of hydrogen-bond donors (Lipinski definition) is 2. The number of anilines is 2. The summed E-state index contributed by atoms with van der Waals surface area (Å²) in [6, 6.07) is 21.3. The summed E-state index contributed by atoms with van der Waals surface area (Å²) in [5.41, 5.74) is 5.81. The van der Waals surface area contributed by atoms with Crippen LogP contribution in [0, 0.1) is 13.8 Å². The molecule has 4 heteroatoms. The second-order valence-electron chi connectivity index (χ2n) is 6.21. The third-order valence-electron chi connectivity index (χ3n) is 4.19. The van der Waals surface area contributed by atoms with Crippen molar-refractivity contribution in [2.75, 3.05) is 17.7 Å². The van der Waals surface area contributed by atoms with Gasteiger partial charge in [0.15, 0.2) is 0 Å². The fourth-order valence-electron chi connectivity index (χ4n) is 2.70. The lowest BCUT2D eigenvalue weighted by Crippen LogP contribution is -2.20. The minimum Gasteiger partial charge on any atom is -0.497 e. The van der Waals surface area contributed by atoms with Crippen molar-refractivity contribution in [3.63, 3.8) is 0 Å². The fourth-order valence-corrected chi connectivity index (χ4v) is 2.70. The summed E-state index contributed by atoms with van der Waals surface area (Å²) in [4.78, 5) is 12.2. The Morgan fingerprint density at radius 3 is 2.35 bits per heavy atom. The summed E-state index contributed by atoms with van der Waals surface area (Å²) in [6.45, 7) is 3.97. The lowest BCUT2D eigenvalue weighted by Gasteiger charge is -2.11. The lowest BCUT2D eigenvalue weighted by molar-refractivity contribution is 0.262. The maximum Gasteiger partial charge on any atom is 0.323 e. The van der Waals surface area contributed by atoms with E-state index >= 15 is 0 Å². The average Bonchev–Trinajstić information content (AvgIpc) is 2.65. The van der Waals surface area contributed by atoms with Crippen LogP contribution in [-0.4, -0.2) is 13.1 Å². The van der Waals surface area contributed by atoms with Crippen molar-refractivity contribution < 1.29 is 9.53 Å². The highest BCUT2D eigenvalue weighted by Crippen LogP contribution is 2.25. The van der Waals surface area contributed by atoms with Gasteiger partial charge in [0.2, 0.25) is 0 Å². The van der Waals surface area contributed by atoms with E-state index < -0.39 is 0 Å². The second kappa shape index (κ2) is 7.74. The number of amides is 2. The van der Waals surface area contributed by atoms with Crippen LogP contribution in [-0.2, 0) is 0 Å². The predicted octanol–water partition coefficient (Wildman–Crippen LogP) is 5.62. The zero-order chi connectivity index (χ0) is 18.5. The molecule has 0 spiro atoms. The number of ether oxygens (including phenoxy) is 1.